The molecule has 0 aliphatic carbocycles. The van der Waals surface area contributed by atoms with Crippen molar-refractivity contribution in [2.24, 2.45) is 0 Å². The summed E-state index contributed by atoms with van der Waals surface area (Å²) in [7, 11) is 0. The number of rotatable bonds is 3. The number of thioether (sulfide) groups is 1. The van der Waals surface area contributed by atoms with Crippen molar-refractivity contribution in [1.82, 2.24) is 4.90 Å². The van der Waals surface area contributed by atoms with Crippen molar-refractivity contribution in [3.8, 4) is 0 Å². The van der Waals surface area contributed by atoms with Gasteiger partial charge in [-0.1, -0.05) is 36.1 Å². The lowest BCUT2D eigenvalue weighted by Gasteiger charge is -2.10. The fraction of sp³-hybridized carbons (Fsp3) is 0.0833. The predicted molar refractivity (Wildman–Crippen MR) is 86.7 cm³/mol. The Morgan fingerprint density at radius 2 is 2.05 bits per heavy atom. The standard InChI is InChI=1S/C12H8INO3S2/c13-8-3-1-7(2-4-8)5-9-11(17)14(6-10(15)16)12(18)19-9/h1-5H,6H2,(H,15,16). The zero-order valence-corrected chi connectivity index (χ0v) is 13.3. The molecule has 1 amide bonds. The zero-order chi connectivity index (χ0) is 14.0. The molecule has 1 saturated heterocycles. The first-order chi connectivity index (χ1) is 8.97. The molecule has 0 radical (unpaired) electrons. The van der Waals surface area contributed by atoms with Crippen LogP contribution in [-0.2, 0) is 9.59 Å². The highest BCUT2D eigenvalue weighted by Crippen LogP contribution is 2.32. The van der Waals surface area contributed by atoms with Crippen molar-refractivity contribution in [1.29, 1.82) is 0 Å². The number of carboxylic acids is 1. The number of thiocarbonyl (C=S) groups is 1. The van der Waals surface area contributed by atoms with E-state index in [0.717, 1.165) is 25.8 Å². The van der Waals surface area contributed by atoms with Crippen LogP contribution in [0.1, 0.15) is 5.56 Å². The van der Waals surface area contributed by atoms with Crippen LogP contribution < -0.4 is 0 Å². The van der Waals surface area contributed by atoms with Crippen LogP contribution in [0.25, 0.3) is 6.08 Å². The number of benzene rings is 1. The van der Waals surface area contributed by atoms with Gasteiger partial charge in [0.2, 0.25) is 0 Å². The van der Waals surface area contributed by atoms with Gasteiger partial charge in [-0.3, -0.25) is 14.5 Å². The van der Waals surface area contributed by atoms with E-state index in [2.05, 4.69) is 22.6 Å². The fourth-order valence-corrected chi connectivity index (χ4v) is 3.10. The third-order valence-corrected chi connectivity index (χ3v) is 4.43. The van der Waals surface area contributed by atoms with Gasteiger partial charge in [-0.2, -0.15) is 0 Å². The first-order valence-corrected chi connectivity index (χ1v) is 7.50. The van der Waals surface area contributed by atoms with E-state index in [-0.39, 0.29) is 10.2 Å². The number of nitrogens with zero attached hydrogens (tertiary/aromatic N) is 1. The van der Waals surface area contributed by atoms with Gasteiger partial charge < -0.3 is 5.11 Å². The van der Waals surface area contributed by atoms with Crippen molar-refractivity contribution in [2.75, 3.05) is 6.54 Å². The molecular formula is C12H8INO3S2. The molecule has 0 unspecified atom stereocenters. The Morgan fingerprint density at radius 3 is 2.63 bits per heavy atom. The highest BCUT2D eigenvalue weighted by atomic mass is 127. The Hall–Kier alpha value is -0.930. The van der Waals surface area contributed by atoms with Gasteiger partial charge in [0.05, 0.1) is 4.91 Å². The van der Waals surface area contributed by atoms with E-state index in [1.807, 2.05) is 24.3 Å². The van der Waals surface area contributed by atoms with E-state index in [4.69, 9.17) is 17.3 Å². The highest BCUT2D eigenvalue weighted by molar-refractivity contribution is 14.1. The molecule has 1 aromatic carbocycles. The van der Waals surface area contributed by atoms with Crippen molar-refractivity contribution < 1.29 is 14.7 Å². The van der Waals surface area contributed by atoms with E-state index in [9.17, 15) is 9.59 Å². The van der Waals surface area contributed by atoms with Crippen molar-refractivity contribution in [3.05, 3.63) is 38.3 Å². The minimum absolute atomic E-state index is 0.282. The third kappa shape index (κ3) is 3.54. The molecule has 2 rings (SSSR count). The minimum atomic E-state index is -1.08. The van der Waals surface area contributed by atoms with E-state index < -0.39 is 12.5 Å². The quantitative estimate of drug-likeness (QED) is 0.476. The molecule has 1 heterocycles. The van der Waals surface area contributed by atoms with Crippen molar-refractivity contribution in [3.63, 3.8) is 0 Å². The van der Waals surface area contributed by atoms with Gasteiger partial charge in [-0.25, -0.2) is 0 Å². The number of amides is 1. The molecule has 0 bridgehead atoms. The fourth-order valence-electron chi connectivity index (χ4n) is 1.48. The lowest BCUT2D eigenvalue weighted by atomic mass is 10.2. The van der Waals surface area contributed by atoms with Crippen LogP contribution >= 0.6 is 46.6 Å². The average molecular weight is 405 g/mol. The van der Waals surface area contributed by atoms with Crippen LogP contribution in [-0.4, -0.2) is 32.7 Å². The second-order valence-corrected chi connectivity index (χ2v) is 6.63. The van der Waals surface area contributed by atoms with E-state index in [1.165, 1.54) is 0 Å². The number of hydrogen-bond acceptors (Lipinski definition) is 4. The Bertz CT molecular complexity index is 583. The van der Waals surface area contributed by atoms with Crippen LogP contribution in [0.4, 0.5) is 0 Å². The van der Waals surface area contributed by atoms with E-state index in [0.29, 0.717) is 4.91 Å². The monoisotopic (exact) mass is 405 g/mol. The highest BCUT2D eigenvalue weighted by Gasteiger charge is 2.33. The number of halogens is 1. The first kappa shape index (κ1) is 14.5. The Balaban J connectivity index is 2.23. The van der Waals surface area contributed by atoms with Crippen molar-refractivity contribution >= 4 is 68.8 Å². The normalized spacial score (nSPS) is 17.3. The Kier molecular flexibility index (Phi) is 4.58. The number of carboxylic acid groups (broad SMARTS) is 1. The molecule has 0 saturated carbocycles. The molecule has 0 atom stereocenters. The summed E-state index contributed by atoms with van der Waals surface area (Å²) in [6.07, 6.45) is 1.72. The summed E-state index contributed by atoms with van der Waals surface area (Å²) in [6, 6.07) is 7.66. The summed E-state index contributed by atoms with van der Waals surface area (Å²) >= 11 is 8.34. The first-order valence-electron chi connectivity index (χ1n) is 5.20. The van der Waals surface area contributed by atoms with Gasteiger partial charge in [-0.05, 0) is 46.4 Å². The Labute approximate surface area is 133 Å². The maximum atomic E-state index is 12.0. The maximum absolute atomic E-state index is 12.0. The summed E-state index contributed by atoms with van der Waals surface area (Å²) in [5.41, 5.74) is 0.885. The smallest absolute Gasteiger partial charge is 0.323 e. The molecule has 1 fully saturated rings. The zero-order valence-electron chi connectivity index (χ0n) is 9.50. The lowest BCUT2D eigenvalue weighted by molar-refractivity contribution is -0.140. The number of hydrogen-bond donors (Lipinski definition) is 1. The summed E-state index contributed by atoms with van der Waals surface area (Å²) in [5.74, 6) is -1.43. The summed E-state index contributed by atoms with van der Waals surface area (Å²) in [4.78, 5) is 24.2. The minimum Gasteiger partial charge on any atom is -0.480 e. The number of carbonyl (C=O) groups is 2. The Morgan fingerprint density at radius 1 is 1.42 bits per heavy atom. The van der Waals surface area contributed by atoms with Gasteiger partial charge in [0.15, 0.2) is 0 Å². The van der Waals surface area contributed by atoms with Crippen LogP contribution in [0.5, 0.6) is 0 Å². The van der Waals surface area contributed by atoms with E-state index >= 15 is 0 Å². The molecule has 7 heteroatoms. The molecule has 0 spiro atoms. The molecule has 1 N–H and O–H groups in total. The molecule has 1 aliphatic heterocycles. The van der Waals surface area contributed by atoms with E-state index in [1.54, 1.807) is 6.08 Å². The number of aliphatic carboxylic acids is 1. The second-order valence-electron chi connectivity index (χ2n) is 3.71. The van der Waals surface area contributed by atoms with Crippen LogP contribution in [0, 0.1) is 3.57 Å². The van der Waals surface area contributed by atoms with Gasteiger partial charge in [0, 0.05) is 3.57 Å². The maximum Gasteiger partial charge on any atom is 0.323 e. The molecule has 4 nitrogen and oxygen atoms in total. The molecule has 98 valence electrons. The van der Waals surface area contributed by atoms with Gasteiger partial charge in [0.25, 0.3) is 5.91 Å². The molecule has 1 aliphatic rings. The summed E-state index contributed by atoms with van der Waals surface area (Å²) in [6.45, 7) is -0.394. The van der Waals surface area contributed by atoms with Crippen molar-refractivity contribution in [2.45, 2.75) is 0 Å². The lowest BCUT2D eigenvalue weighted by Crippen LogP contribution is -2.33. The van der Waals surface area contributed by atoms with Crippen LogP contribution in [0.3, 0.4) is 0 Å². The summed E-state index contributed by atoms with van der Waals surface area (Å²) in [5, 5.41) is 8.73. The molecular weight excluding hydrogens is 397 g/mol. The molecule has 1 aromatic rings. The second kappa shape index (κ2) is 6.02. The van der Waals surface area contributed by atoms with Gasteiger partial charge >= 0.3 is 5.97 Å². The average Bonchev–Trinajstić information content (AvgIpc) is 2.60. The summed E-state index contributed by atoms with van der Waals surface area (Å²) < 4.78 is 1.39. The number of carbonyl (C=O) groups excluding carboxylic acids is 1. The SMILES string of the molecule is O=C(O)CN1C(=O)C(=Cc2ccc(I)cc2)SC1=S. The van der Waals surface area contributed by atoms with Gasteiger partial charge in [-0.15, -0.1) is 0 Å². The third-order valence-electron chi connectivity index (χ3n) is 2.33. The van der Waals surface area contributed by atoms with Crippen LogP contribution in [0.15, 0.2) is 29.2 Å². The largest absolute Gasteiger partial charge is 0.480 e. The topological polar surface area (TPSA) is 57.6 Å². The predicted octanol–water partition coefficient (Wildman–Crippen LogP) is 2.58. The van der Waals surface area contributed by atoms with Gasteiger partial charge in [0.1, 0.15) is 10.9 Å². The molecule has 0 aromatic heterocycles. The van der Waals surface area contributed by atoms with Crippen LogP contribution in [0.2, 0.25) is 0 Å². The molecule has 19 heavy (non-hydrogen) atoms.